The van der Waals surface area contributed by atoms with Gasteiger partial charge in [-0.2, -0.15) is 0 Å². The van der Waals surface area contributed by atoms with E-state index in [1.54, 1.807) is 12.1 Å². The Kier molecular flexibility index (Phi) is 6.72. The fourth-order valence-electron chi connectivity index (χ4n) is 2.27. The van der Waals surface area contributed by atoms with Gasteiger partial charge in [-0.05, 0) is 44.5 Å². The van der Waals surface area contributed by atoms with Crippen molar-refractivity contribution < 1.29 is 14.7 Å². The zero-order valence-corrected chi connectivity index (χ0v) is 13.0. The first-order valence-electron chi connectivity index (χ1n) is 7.39. The predicted octanol–water partition coefficient (Wildman–Crippen LogP) is 2.47. The van der Waals surface area contributed by atoms with Crippen LogP contribution in [0.4, 0.5) is 5.69 Å². The molecular formula is C16H24N2O3. The largest absolute Gasteiger partial charge is 0.480 e. The average molecular weight is 292 g/mol. The Balaban J connectivity index is 2.88. The lowest BCUT2D eigenvalue weighted by atomic mass is 10.1. The van der Waals surface area contributed by atoms with Gasteiger partial charge in [-0.3, -0.25) is 9.59 Å². The maximum Gasteiger partial charge on any atom is 0.323 e. The standard InChI is InChI=1S/C16H24N2O3/c1-4-11-18(12-15(19)20)16(21)13-7-9-14(10-8-13)17(5-2)6-3/h7-10H,4-6,11-12H2,1-3H3,(H,19,20). The zero-order chi connectivity index (χ0) is 15.8. The normalized spacial score (nSPS) is 10.2. The van der Waals surface area contributed by atoms with Crippen LogP contribution in [0, 0.1) is 0 Å². The highest BCUT2D eigenvalue weighted by molar-refractivity contribution is 5.96. The Morgan fingerprint density at radius 3 is 2.05 bits per heavy atom. The van der Waals surface area contributed by atoms with Gasteiger partial charge in [0.05, 0.1) is 0 Å². The Bertz CT molecular complexity index is 467. The van der Waals surface area contributed by atoms with E-state index in [1.165, 1.54) is 4.90 Å². The number of nitrogens with zero attached hydrogens (tertiary/aromatic N) is 2. The van der Waals surface area contributed by atoms with Crippen LogP contribution in [0.25, 0.3) is 0 Å². The second-order valence-corrected chi connectivity index (χ2v) is 4.84. The summed E-state index contributed by atoms with van der Waals surface area (Å²) in [5.41, 5.74) is 1.59. The van der Waals surface area contributed by atoms with Gasteiger partial charge < -0.3 is 14.9 Å². The van der Waals surface area contributed by atoms with Crippen LogP contribution < -0.4 is 4.90 Å². The molecule has 116 valence electrons. The van der Waals surface area contributed by atoms with Crippen molar-refractivity contribution in [2.24, 2.45) is 0 Å². The number of benzene rings is 1. The molecule has 1 rings (SSSR count). The fourth-order valence-corrected chi connectivity index (χ4v) is 2.27. The molecule has 0 aliphatic carbocycles. The first-order chi connectivity index (χ1) is 10.0. The van der Waals surface area contributed by atoms with Gasteiger partial charge in [0, 0.05) is 30.9 Å². The summed E-state index contributed by atoms with van der Waals surface area (Å²) in [7, 11) is 0. The Hall–Kier alpha value is -2.04. The molecule has 0 radical (unpaired) electrons. The third-order valence-corrected chi connectivity index (χ3v) is 3.35. The summed E-state index contributed by atoms with van der Waals surface area (Å²) in [5.74, 6) is -1.22. The monoisotopic (exact) mass is 292 g/mol. The number of carbonyl (C=O) groups excluding carboxylic acids is 1. The van der Waals surface area contributed by atoms with Crippen molar-refractivity contribution in [3.8, 4) is 0 Å². The predicted molar refractivity (Wildman–Crippen MR) is 83.8 cm³/mol. The first-order valence-corrected chi connectivity index (χ1v) is 7.39. The van der Waals surface area contributed by atoms with Gasteiger partial charge >= 0.3 is 5.97 Å². The molecule has 5 nitrogen and oxygen atoms in total. The Labute approximate surface area is 126 Å². The quantitative estimate of drug-likeness (QED) is 0.799. The van der Waals surface area contributed by atoms with Crippen LogP contribution >= 0.6 is 0 Å². The number of hydrogen-bond donors (Lipinski definition) is 1. The van der Waals surface area contributed by atoms with Gasteiger partial charge in [-0.25, -0.2) is 0 Å². The summed E-state index contributed by atoms with van der Waals surface area (Å²) in [5, 5.41) is 8.89. The van der Waals surface area contributed by atoms with E-state index in [4.69, 9.17) is 5.11 Å². The SMILES string of the molecule is CCCN(CC(=O)O)C(=O)c1ccc(N(CC)CC)cc1. The molecule has 1 amide bonds. The number of hydrogen-bond acceptors (Lipinski definition) is 3. The Morgan fingerprint density at radius 1 is 1.05 bits per heavy atom. The smallest absolute Gasteiger partial charge is 0.323 e. The number of carboxylic acids is 1. The van der Waals surface area contributed by atoms with Gasteiger partial charge in [-0.15, -0.1) is 0 Å². The molecule has 5 heteroatoms. The van der Waals surface area contributed by atoms with Gasteiger partial charge in [0.25, 0.3) is 5.91 Å². The molecule has 0 aliphatic rings. The van der Waals surface area contributed by atoms with Crippen LogP contribution in [-0.2, 0) is 4.79 Å². The number of rotatable bonds is 8. The second kappa shape index (κ2) is 8.29. The van der Waals surface area contributed by atoms with Crippen LogP contribution in [0.3, 0.4) is 0 Å². The summed E-state index contributed by atoms with van der Waals surface area (Å²) in [6.45, 7) is 8.09. The van der Waals surface area contributed by atoms with Gasteiger partial charge in [0.2, 0.25) is 0 Å². The summed E-state index contributed by atoms with van der Waals surface area (Å²) < 4.78 is 0. The molecule has 0 heterocycles. The molecule has 1 N–H and O–H groups in total. The summed E-state index contributed by atoms with van der Waals surface area (Å²) in [6, 6.07) is 7.34. The minimum absolute atomic E-state index is 0.231. The van der Waals surface area contributed by atoms with Gasteiger partial charge in [-0.1, -0.05) is 6.92 Å². The van der Waals surface area contributed by atoms with Crippen LogP contribution in [0.1, 0.15) is 37.6 Å². The van der Waals surface area contributed by atoms with Crippen LogP contribution in [0.15, 0.2) is 24.3 Å². The maximum atomic E-state index is 12.3. The van der Waals surface area contributed by atoms with E-state index < -0.39 is 5.97 Å². The zero-order valence-electron chi connectivity index (χ0n) is 13.0. The van der Waals surface area contributed by atoms with E-state index in [9.17, 15) is 9.59 Å². The molecule has 1 aromatic rings. The van der Waals surface area contributed by atoms with Crippen molar-refractivity contribution in [3.63, 3.8) is 0 Å². The maximum absolute atomic E-state index is 12.3. The fraction of sp³-hybridized carbons (Fsp3) is 0.500. The molecular weight excluding hydrogens is 268 g/mol. The summed E-state index contributed by atoms with van der Waals surface area (Å²) in [6.07, 6.45) is 0.733. The van der Waals surface area contributed by atoms with Crippen molar-refractivity contribution >= 4 is 17.6 Å². The molecule has 0 bridgehead atoms. The summed E-state index contributed by atoms with van der Waals surface area (Å²) in [4.78, 5) is 26.7. The van der Waals surface area contributed by atoms with E-state index in [0.29, 0.717) is 12.1 Å². The topological polar surface area (TPSA) is 60.9 Å². The van der Waals surface area contributed by atoms with Crippen molar-refractivity contribution in [1.82, 2.24) is 4.90 Å². The van der Waals surface area contributed by atoms with E-state index in [1.807, 2.05) is 19.1 Å². The highest BCUT2D eigenvalue weighted by Gasteiger charge is 2.17. The number of aliphatic carboxylic acids is 1. The van der Waals surface area contributed by atoms with E-state index >= 15 is 0 Å². The molecule has 0 atom stereocenters. The van der Waals surface area contributed by atoms with Crippen molar-refractivity contribution in [2.45, 2.75) is 27.2 Å². The third-order valence-electron chi connectivity index (χ3n) is 3.35. The molecule has 0 aliphatic heterocycles. The number of amides is 1. The average Bonchev–Trinajstić information content (AvgIpc) is 2.47. The number of carbonyl (C=O) groups is 2. The molecule has 0 saturated heterocycles. The van der Waals surface area contributed by atoms with E-state index in [-0.39, 0.29) is 12.5 Å². The van der Waals surface area contributed by atoms with Gasteiger partial charge in [0.1, 0.15) is 6.54 Å². The molecule has 1 aromatic carbocycles. The van der Waals surface area contributed by atoms with Crippen LogP contribution in [-0.4, -0.2) is 48.1 Å². The minimum atomic E-state index is -0.989. The van der Waals surface area contributed by atoms with Crippen molar-refractivity contribution in [2.75, 3.05) is 31.1 Å². The molecule has 0 unspecified atom stereocenters. The minimum Gasteiger partial charge on any atom is -0.480 e. The number of anilines is 1. The molecule has 0 aromatic heterocycles. The second-order valence-electron chi connectivity index (χ2n) is 4.84. The summed E-state index contributed by atoms with van der Waals surface area (Å²) >= 11 is 0. The highest BCUT2D eigenvalue weighted by Crippen LogP contribution is 2.16. The lowest BCUT2D eigenvalue weighted by Crippen LogP contribution is -2.36. The third kappa shape index (κ3) is 4.77. The van der Waals surface area contributed by atoms with Crippen molar-refractivity contribution in [3.05, 3.63) is 29.8 Å². The Morgan fingerprint density at radius 2 is 1.62 bits per heavy atom. The number of carboxylic acid groups (broad SMARTS) is 1. The van der Waals surface area contributed by atoms with E-state index in [2.05, 4.69) is 18.7 Å². The van der Waals surface area contributed by atoms with E-state index in [0.717, 1.165) is 25.2 Å². The first kappa shape index (κ1) is 17.0. The molecule has 0 saturated carbocycles. The highest BCUT2D eigenvalue weighted by atomic mass is 16.4. The lowest BCUT2D eigenvalue weighted by Gasteiger charge is -2.22. The lowest BCUT2D eigenvalue weighted by molar-refractivity contribution is -0.137. The molecule has 21 heavy (non-hydrogen) atoms. The molecule has 0 fully saturated rings. The van der Waals surface area contributed by atoms with Crippen molar-refractivity contribution in [1.29, 1.82) is 0 Å². The van der Waals surface area contributed by atoms with Crippen LogP contribution in [0.2, 0.25) is 0 Å². The van der Waals surface area contributed by atoms with Gasteiger partial charge in [0.15, 0.2) is 0 Å². The molecule has 0 spiro atoms. The van der Waals surface area contributed by atoms with Crippen LogP contribution in [0.5, 0.6) is 0 Å².